The van der Waals surface area contributed by atoms with Crippen molar-refractivity contribution in [3.8, 4) is 0 Å². The molecular weight excluding hydrogens is 288 g/mol. The van der Waals surface area contributed by atoms with Gasteiger partial charge in [0, 0.05) is 19.1 Å². The van der Waals surface area contributed by atoms with Crippen LogP contribution in [0.25, 0.3) is 0 Å². The van der Waals surface area contributed by atoms with Crippen LogP contribution in [0.5, 0.6) is 0 Å². The summed E-state index contributed by atoms with van der Waals surface area (Å²) in [6.45, 7) is 12.5. The molecule has 0 bridgehead atoms. The summed E-state index contributed by atoms with van der Waals surface area (Å²) in [6.07, 6.45) is 0. The SMILES string of the molecule is CC(C)CNC(=O)C(C)(C)C(=O)N(Cc1ccccc1)C(C)C. The minimum Gasteiger partial charge on any atom is -0.355 e. The number of amides is 2. The molecule has 0 saturated carbocycles. The quantitative estimate of drug-likeness (QED) is 0.785. The Balaban J connectivity index is 2.89. The second-order valence-electron chi connectivity index (χ2n) is 7.24. The Kier molecular flexibility index (Phi) is 6.79. The van der Waals surface area contributed by atoms with Gasteiger partial charge in [0.05, 0.1) is 0 Å². The normalized spacial score (nSPS) is 11.7. The Morgan fingerprint density at radius 2 is 1.65 bits per heavy atom. The lowest BCUT2D eigenvalue weighted by Gasteiger charge is -2.34. The standard InChI is InChI=1S/C19H30N2O2/c1-14(2)12-20-17(22)19(5,6)18(23)21(15(3)4)13-16-10-8-7-9-11-16/h7-11,14-15H,12-13H2,1-6H3,(H,20,22). The minimum absolute atomic E-state index is 0.0277. The Labute approximate surface area is 140 Å². The molecule has 0 radical (unpaired) electrons. The summed E-state index contributed by atoms with van der Waals surface area (Å²) in [4.78, 5) is 27.2. The van der Waals surface area contributed by atoms with Gasteiger partial charge in [0.15, 0.2) is 0 Å². The number of nitrogens with zero attached hydrogens (tertiary/aromatic N) is 1. The van der Waals surface area contributed by atoms with Crippen molar-refractivity contribution in [3.63, 3.8) is 0 Å². The molecule has 2 amide bonds. The van der Waals surface area contributed by atoms with Gasteiger partial charge in [-0.15, -0.1) is 0 Å². The number of carbonyl (C=O) groups is 2. The van der Waals surface area contributed by atoms with Crippen LogP contribution in [0.15, 0.2) is 30.3 Å². The highest BCUT2D eigenvalue weighted by Crippen LogP contribution is 2.23. The van der Waals surface area contributed by atoms with Crippen LogP contribution >= 0.6 is 0 Å². The van der Waals surface area contributed by atoms with Crippen molar-refractivity contribution < 1.29 is 9.59 Å². The van der Waals surface area contributed by atoms with Crippen LogP contribution in [0.3, 0.4) is 0 Å². The largest absolute Gasteiger partial charge is 0.355 e. The lowest BCUT2D eigenvalue weighted by Crippen LogP contribution is -2.51. The van der Waals surface area contributed by atoms with Crippen LogP contribution in [0.4, 0.5) is 0 Å². The van der Waals surface area contributed by atoms with Crippen molar-refractivity contribution in [1.29, 1.82) is 0 Å². The number of rotatable bonds is 7. The summed E-state index contributed by atoms with van der Waals surface area (Å²) in [5.74, 6) is 0.00268. The first-order valence-electron chi connectivity index (χ1n) is 8.29. The molecule has 0 aliphatic heterocycles. The average Bonchev–Trinajstić information content (AvgIpc) is 2.50. The Morgan fingerprint density at radius 3 is 2.13 bits per heavy atom. The second kappa shape index (κ2) is 8.14. The Hall–Kier alpha value is -1.84. The van der Waals surface area contributed by atoms with E-state index in [1.807, 2.05) is 58.0 Å². The monoisotopic (exact) mass is 318 g/mol. The lowest BCUT2D eigenvalue weighted by molar-refractivity contribution is -0.150. The molecule has 0 fully saturated rings. The molecule has 0 aromatic heterocycles. The highest BCUT2D eigenvalue weighted by Gasteiger charge is 2.39. The molecular formula is C19H30N2O2. The molecule has 4 nitrogen and oxygen atoms in total. The first kappa shape index (κ1) is 19.2. The van der Waals surface area contributed by atoms with Crippen LogP contribution in [-0.2, 0) is 16.1 Å². The Bertz CT molecular complexity index is 521. The van der Waals surface area contributed by atoms with E-state index >= 15 is 0 Å². The molecule has 23 heavy (non-hydrogen) atoms. The minimum atomic E-state index is -1.08. The first-order chi connectivity index (χ1) is 10.7. The zero-order chi connectivity index (χ0) is 17.6. The van der Waals surface area contributed by atoms with E-state index in [1.165, 1.54) is 0 Å². The highest BCUT2D eigenvalue weighted by atomic mass is 16.2. The molecule has 4 heteroatoms. The number of hydrogen-bond acceptors (Lipinski definition) is 2. The van der Waals surface area contributed by atoms with Gasteiger partial charge < -0.3 is 10.2 Å². The van der Waals surface area contributed by atoms with E-state index in [0.717, 1.165) is 5.56 Å². The maximum atomic E-state index is 13.0. The molecule has 0 aliphatic rings. The fourth-order valence-corrected chi connectivity index (χ4v) is 2.24. The fraction of sp³-hybridized carbons (Fsp3) is 0.579. The molecule has 1 aromatic carbocycles. The van der Waals surface area contributed by atoms with Crippen molar-refractivity contribution in [2.75, 3.05) is 6.54 Å². The molecule has 128 valence electrons. The molecule has 0 saturated heterocycles. The molecule has 1 rings (SSSR count). The summed E-state index contributed by atoms with van der Waals surface area (Å²) in [5.41, 5.74) is -0.0125. The third-order valence-corrected chi connectivity index (χ3v) is 3.85. The van der Waals surface area contributed by atoms with Crippen LogP contribution in [0, 0.1) is 11.3 Å². The molecule has 0 atom stereocenters. The van der Waals surface area contributed by atoms with E-state index in [2.05, 4.69) is 5.32 Å². The van der Waals surface area contributed by atoms with Gasteiger partial charge >= 0.3 is 0 Å². The van der Waals surface area contributed by atoms with Gasteiger partial charge in [0.25, 0.3) is 0 Å². The molecule has 0 unspecified atom stereocenters. The summed E-state index contributed by atoms with van der Waals surface area (Å²) in [6, 6.07) is 9.88. The van der Waals surface area contributed by atoms with Gasteiger partial charge in [-0.25, -0.2) is 0 Å². The van der Waals surface area contributed by atoms with Crippen molar-refractivity contribution in [2.24, 2.45) is 11.3 Å². The number of hydrogen-bond donors (Lipinski definition) is 1. The summed E-state index contributed by atoms with van der Waals surface area (Å²) in [7, 11) is 0. The predicted octanol–water partition coefficient (Wildman–Crippen LogP) is 3.22. The zero-order valence-corrected chi connectivity index (χ0v) is 15.2. The maximum absolute atomic E-state index is 13.0. The van der Waals surface area contributed by atoms with Crippen molar-refractivity contribution in [1.82, 2.24) is 10.2 Å². The second-order valence-corrected chi connectivity index (χ2v) is 7.24. The van der Waals surface area contributed by atoms with Crippen molar-refractivity contribution in [3.05, 3.63) is 35.9 Å². The van der Waals surface area contributed by atoms with Crippen molar-refractivity contribution >= 4 is 11.8 Å². The van der Waals surface area contributed by atoms with Gasteiger partial charge in [-0.3, -0.25) is 9.59 Å². The van der Waals surface area contributed by atoms with Gasteiger partial charge in [-0.2, -0.15) is 0 Å². The highest BCUT2D eigenvalue weighted by molar-refractivity contribution is 6.04. The van der Waals surface area contributed by atoms with Gasteiger partial charge in [0.1, 0.15) is 5.41 Å². The van der Waals surface area contributed by atoms with E-state index in [-0.39, 0.29) is 17.9 Å². The summed E-state index contributed by atoms with van der Waals surface area (Å²) < 4.78 is 0. The van der Waals surface area contributed by atoms with Crippen LogP contribution in [0.1, 0.15) is 47.1 Å². The van der Waals surface area contributed by atoms with Crippen LogP contribution in [-0.4, -0.2) is 29.3 Å². The third kappa shape index (κ3) is 5.38. The number of benzene rings is 1. The smallest absolute Gasteiger partial charge is 0.238 e. The van der Waals surface area contributed by atoms with E-state index in [4.69, 9.17) is 0 Å². The summed E-state index contributed by atoms with van der Waals surface area (Å²) in [5, 5.41) is 2.87. The van der Waals surface area contributed by atoms with E-state index in [1.54, 1.807) is 18.7 Å². The average molecular weight is 318 g/mol. The van der Waals surface area contributed by atoms with Crippen LogP contribution in [0.2, 0.25) is 0 Å². The summed E-state index contributed by atoms with van der Waals surface area (Å²) >= 11 is 0. The molecule has 1 aromatic rings. The van der Waals surface area contributed by atoms with Gasteiger partial charge in [-0.1, -0.05) is 44.2 Å². The topological polar surface area (TPSA) is 49.4 Å². The fourth-order valence-electron chi connectivity index (χ4n) is 2.24. The molecule has 0 aliphatic carbocycles. The molecule has 1 N–H and O–H groups in total. The number of carbonyl (C=O) groups excluding carboxylic acids is 2. The van der Waals surface area contributed by atoms with Gasteiger partial charge in [-0.05, 0) is 39.2 Å². The molecule has 0 heterocycles. The van der Waals surface area contributed by atoms with E-state index in [0.29, 0.717) is 19.0 Å². The zero-order valence-electron chi connectivity index (χ0n) is 15.2. The molecule has 0 spiro atoms. The van der Waals surface area contributed by atoms with E-state index in [9.17, 15) is 9.59 Å². The van der Waals surface area contributed by atoms with E-state index < -0.39 is 5.41 Å². The Morgan fingerprint density at radius 1 is 1.09 bits per heavy atom. The maximum Gasteiger partial charge on any atom is 0.238 e. The predicted molar refractivity (Wildman–Crippen MR) is 93.8 cm³/mol. The third-order valence-electron chi connectivity index (χ3n) is 3.85. The number of nitrogens with one attached hydrogen (secondary N) is 1. The van der Waals surface area contributed by atoms with Gasteiger partial charge in [0.2, 0.25) is 11.8 Å². The lowest BCUT2D eigenvalue weighted by atomic mass is 9.89. The van der Waals surface area contributed by atoms with Crippen LogP contribution < -0.4 is 5.32 Å². The van der Waals surface area contributed by atoms with Crippen molar-refractivity contribution in [2.45, 2.75) is 54.1 Å². The first-order valence-corrected chi connectivity index (χ1v) is 8.29.